The average Bonchev–Trinajstić information content (AvgIpc) is 2.68. The van der Waals surface area contributed by atoms with Gasteiger partial charge in [0.05, 0.1) is 6.61 Å². The molecule has 0 amide bonds. The molecule has 1 fully saturated rings. The fourth-order valence-electron chi connectivity index (χ4n) is 2.96. The molecule has 1 aromatic rings. The molecule has 5 atom stereocenters. The standard InChI is InChI=1S/C21H26O8S/c1-5-11-25-19-18(27-14(3)23)17(12-26-13(2)22)29-21(20(19)28-15(4)24)30-16-9-7-6-8-10-16/h5-10,17-21H,1,11-12H2,2-4H3/t17-,18+,19+,20-,21+/m1/s1. The summed E-state index contributed by atoms with van der Waals surface area (Å²) in [5.74, 6) is -1.60. The van der Waals surface area contributed by atoms with Crippen LogP contribution in [0.4, 0.5) is 0 Å². The van der Waals surface area contributed by atoms with E-state index in [1.807, 2.05) is 30.3 Å². The van der Waals surface area contributed by atoms with Crippen molar-refractivity contribution in [3.63, 3.8) is 0 Å². The van der Waals surface area contributed by atoms with Gasteiger partial charge in [0.15, 0.2) is 12.2 Å². The highest BCUT2D eigenvalue weighted by atomic mass is 32.2. The molecule has 1 aromatic carbocycles. The van der Waals surface area contributed by atoms with Gasteiger partial charge in [-0.2, -0.15) is 0 Å². The number of benzene rings is 1. The second kappa shape index (κ2) is 11.7. The Morgan fingerprint density at radius 1 is 1.00 bits per heavy atom. The Labute approximate surface area is 179 Å². The fraction of sp³-hybridized carbons (Fsp3) is 0.476. The summed E-state index contributed by atoms with van der Waals surface area (Å²) in [7, 11) is 0. The van der Waals surface area contributed by atoms with Crippen molar-refractivity contribution in [2.24, 2.45) is 0 Å². The van der Waals surface area contributed by atoms with Gasteiger partial charge in [0.2, 0.25) is 0 Å². The molecule has 1 saturated heterocycles. The summed E-state index contributed by atoms with van der Waals surface area (Å²) in [5.41, 5.74) is -0.696. The zero-order valence-electron chi connectivity index (χ0n) is 17.1. The molecule has 0 unspecified atom stereocenters. The minimum atomic E-state index is -0.959. The highest BCUT2D eigenvalue weighted by Gasteiger charge is 2.51. The highest BCUT2D eigenvalue weighted by Crippen LogP contribution is 2.37. The van der Waals surface area contributed by atoms with Crippen LogP contribution in [0.3, 0.4) is 0 Å². The molecule has 0 spiro atoms. The number of ether oxygens (including phenoxy) is 5. The first-order valence-corrected chi connectivity index (χ1v) is 10.3. The van der Waals surface area contributed by atoms with Gasteiger partial charge in [0.1, 0.15) is 24.3 Å². The molecule has 0 saturated carbocycles. The Hall–Kier alpha value is -2.36. The van der Waals surface area contributed by atoms with E-state index in [-0.39, 0.29) is 13.2 Å². The fourth-order valence-corrected chi connectivity index (χ4v) is 4.09. The van der Waals surface area contributed by atoms with Crippen molar-refractivity contribution in [3.05, 3.63) is 43.0 Å². The van der Waals surface area contributed by atoms with Crippen LogP contribution in [-0.2, 0) is 38.1 Å². The molecule has 164 valence electrons. The lowest BCUT2D eigenvalue weighted by molar-refractivity contribution is -0.237. The molecular weight excluding hydrogens is 412 g/mol. The van der Waals surface area contributed by atoms with E-state index in [0.29, 0.717) is 0 Å². The Bertz CT molecular complexity index is 738. The summed E-state index contributed by atoms with van der Waals surface area (Å²) >= 11 is 1.32. The molecule has 2 rings (SSSR count). The first kappa shape index (κ1) is 23.9. The van der Waals surface area contributed by atoms with E-state index in [1.165, 1.54) is 38.6 Å². The normalized spacial score (nSPS) is 25.8. The van der Waals surface area contributed by atoms with Crippen LogP contribution < -0.4 is 0 Å². The van der Waals surface area contributed by atoms with E-state index in [4.69, 9.17) is 23.7 Å². The zero-order chi connectivity index (χ0) is 22.1. The van der Waals surface area contributed by atoms with Crippen molar-refractivity contribution in [2.75, 3.05) is 13.2 Å². The van der Waals surface area contributed by atoms with Crippen LogP contribution in [0.1, 0.15) is 20.8 Å². The molecular formula is C21H26O8S. The lowest BCUT2D eigenvalue weighted by Crippen LogP contribution is -2.61. The summed E-state index contributed by atoms with van der Waals surface area (Å²) in [6, 6.07) is 9.40. The molecule has 1 aliphatic heterocycles. The molecule has 0 radical (unpaired) electrons. The van der Waals surface area contributed by atoms with Crippen molar-refractivity contribution in [3.8, 4) is 0 Å². The third-order valence-corrected chi connectivity index (χ3v) is 5.20. The number of hydrogen-bond acceptors (Lipinski definition) is 9. The topological polar surface area (TPSA) is 97.4 Å². The molecule has 0 aliphatic carbocycles. The van der Waals surface area contributed by atoms with Crippen LogP contribution >= 0.6 is 11.8 Å². The van der Waals surface area contributed by atoms with E-state index in [0.717, 1.165) is 4.90 Å². The molecule has 1 heterocycles. The largest absolute Gasteiger partial charge is 0.463 e. The van der Waals surface area contributed by atoms with Crippen LogP contribution in [0.25, 0.3) is 0 Å². The second-order valence-corrected chi connectivity index (χ2v) is 7.68. The molecule has 30 heavy (non-hydrogen) atoms. The maximum absolute atomic E-state index is 11.8. The molecule has 0 bridgehead atoms. The van der Waals surface area contributed by atoms with E-state index in [9.17, 15) is 14.4 Å². The van der Waals surface area contributed by atoms with Gasteiger partial charge in [-0.1, -0.05) is 36.0 Å². The quantitative estimate of drug-likeness (QED) is 0.327. The number of carbonyl (C=O) groups excluding carboxylic acids is 3. The van der Waals surface area contributed by atoms with Gasteiger partial charge in [-0.15, -0.1) is 6.58 Å². The molecule has 9 heteroatoms. The number of thioether (sulfide) groups is 1. The van der Waals surface area contributed by atoms with E-state index in [1.54, 1.807) is 0 Å². The van der Waals surface area contributed by atoms with Crippen LogP contribution in [0.2, 0.25) is 0 Å². The molecule has 1 aliphatic rings. The van der Waals surface area contributed by atoms with Crippen LogP contribution in [0, 0.1) is 0 Å². The van der Waals surface area contributed by atoms with Gasteiger partial charge in [-0.05, 0) is 12.1 Å². The zero-order valence-corrected chi connectivity index (χ0v) is 18.0. The lowest BCUT2D eigenvalue weighted by Gasteiger charge is -2.44. The number of rotatable bonds is 9. The third kappa shape index (κ3) is 7.16. The van der Waals surface area contributed by atoms with Gasteiger partial charge in [0, 0.05) is 25.7 Å². The van der Waals surface area contributed by atoms with Crippen molar-refractivity contribution in [1.82, 2.24) is 0 Å². The number of esters is 3. The van der Waals surface area contributed by atoms with Crippen LogP contribution in [-0.4, -0.2) is 61.0 Å². The SMILES string of the molecule is C=CCO[C@H]1[C@@H](OC(C)=O)[C@@H](COC(C)=O)O[C@@H](Sc2ccccc2)[C@@H]1OC(C)=O. The maximum Gasteiger partial charge on any atom is 0.303 e. The summed E-state index contributed by atoms with van der Waals surface area (Å²) in [5, 5.41) is 0. The van der Waals surface area contributed by atoms with Crippen molar-refractivity contribution < 1.29 is 38.1 Å². The Kier molecular flexibility index (Phi) is 9.35. The van der Waals surface area contributed by atoms with Crippen LogP contribution in [0.5, 0.6) is 0 Å². The van der Waals surface area contributed by atoms with Gasteiger partial charge < -0.3 is 23.7 Å². The summed E-state index contributed by atoms with van der Waals surface area (Å²) in [6.07, 6.45) is -1.98. The monoisotopic (exact) mass is 438 g/mol. The lowest BCUT2D eigenvalue weighted by atomic mass is 9.99. The predicted octanol–water partition coefficient (Wildman–Crippen LogP) is 2.50. The van der Waals surface area contributed by atoms with Crippen LogP contribution in [0.15, 0.2) is 47.9 Å². The smallest absolute Gasteiger partial charge is 0.303 e. The third-order valence-electron chi connectivity index (χ3n) is 4.05. The Morgan fingerprint density at radius 2 is 1.63 bits per heavy atom. The minimum Gasteiger partial charge on any atom is -0.463 e. The van der Waals surface area contributed by atoms with Crippen molar-refractivity contribution in [2.45, 2.75) is 55.5 Å². The predicted molar refractivity (Wildman–Crippen MR) is 109 cm³/mol. The van der Waals surface area contributed by atoms with Gasteiger partial charge in [0.25, 0.3) is 0 Å². The van der Waals surface area contributed by atoms with Crippen molar-refractivity contribution in [1.29, 1.82) is 0 Å². The van der Waals surface area contributed by atoms with Crippen molar-refractivity contribution >= 4 is 29.7 Å². The minimum absolute atomic E-state index is 0.128. The van der Waals surface area contributed by atoms with E-state index >= 15 is 0 Å². The van der Waals surface area contributed by atoms with Gasteiger partial charge in [-0.3, -0.25) is 14.4 Å². The molecule has 0 aromatic heterocycles. The van der Waals surface area contributed by atoms with E-state index in [2.05, 4.69) is 6.58 Å². The molecule has 0 N–H and O–H groups in total. The summed E-state index contributed by atoms with van der Waals surface area (Å²) in [4.78, 5) is 35.8. The summed E-state index contributed by atoms with van der Waals surface area (Å²) < 4.78 is 28.0. The van der Waals surface area contributed by atoms with Gasteiger partial charge in [-0.25, -0.2) is 0 Å². The number of carbonyl (C=O) groups is 3. The second-order valence-electron chi connectivity index (χ2n) is 6.51. The Balaban J connectivity index is 2.39. The summed E-state index contributed by atoms with van der Waals surface area (Å²) in [6.45, 7) is 7.41. The first-order chi connectivity index (χ1) is 14.3. The molecule has 8 nitrogen and oxygen atoms in total. The van der Waals surface area contributed by atoms with E-state index < -0.39 is 47.8 Å². The van der Waals surface area contributed by atoms with Gasteiger partial charge >= 0.3 is 17.9 Å². The number of hydrogen-bond donors (Lipinski definition) is 0. The Morgan fingerprint density at radius 3 is 2.20 bits per heavy atom. The highest BCUT2D eigenvalue weighted by molar-refractivity contribution is 7.99. The average molecular weight is 438 g/mol. The first-order valence-electron chi connectivity index (χ1n) is 9.39. The maximum atomic E-state index is 11.8.